The Morgan fingerprint density at radius 3 is 2.71 bits per heavy atom. The van der Waals surface area contributed by atoms with Crippen LogP contribution in [0.15, 0.2) is 47.1 Å². The SMILES string of the molecule is CCN(C)c1ccccc1NC(=O)N[C@@H](C)C[C@H](O)c1ccco1. The van der Waals surface area contributed by atoms with Crippen molar-refractivity contribution in [1.29, 1.82) is 0 Å². The summed E-state index contributed by atoms with van der Waals surface area (Å²) in [5.74, 6) is 0.499. The molecule has 0 aliphatic carbocycles. The Balaban J connectivity index is 1.91. The van der Waals surface area contributed by atoms with Gasteiger partial charge in [0.05, 0.1) is 17.6 Å². The Bertz CT molecular complexity index is 643. The molecule has 2 aromatic rings. The topological polar surface area (TPSA) is 77.7 Å². The predicted molar refractivity (Wildman–Crippen MR) is 95.3 cm³/mol. The van der Waals surface area contributed by atoms with Crippen molar-refractivity contribution in [1.82, 2.24) is 5.32 Å². The second-order valence-corrected chi connectivity index (χ2v) is 5.80. The Morgan fingerprint density at radius 1 is 1.29 bits per heavy atom. The first kappa shape index (κ1) is 17.9. The van der Waals surface area contributed by atoms with Crippen LogP contribution in [0.3, 0.4) is 0 Å². The van der Waals surface area contributed by atoms with Crippen molar-refractivity contribution < 1.29 is 14.3 Å². The summed E-state index contributed by atoms with van der Waals surface area (Å²) in [6.07, 6.45) is 1.15. The summed E-state index contributed by atoms with van der Waals surface area (Å²) in [5, 5.41) is 15.8. The maximum atomic E-state index is 12.2. The summed E-state index contributed by atoms with van der Waals surface area (Å²) >= 11 is 0. The number of anilines is 2. The Labute approximate surface area is 142 Å². The molecule has 0 saturated carbocycles. The summed E-state index contributed by atoms with van der Waals surface area (Å²) in [5.41, 5.74) is 1.71. The normalized spacial score (nSPS) is 13.2. The van der Waals surface area contributed by atoms with E-state index >= 15 is 0 Å². The van der Waals surface area contributed by atoms with Gasteiger partial charge in [0.1, 0.15) is 11.9 Å². The lowest BCUT2D eigenvalue weighted by atomic mass is 10.1. The average molecular weight is 331 g/mol. The zero-order chi connectivity index (χ0) is 17.5. The van der Waals surface area contributed by atoms with E-state index in [9.17, 15) is 9.90 Å². The van der Waals surface area contributed by atoms with Crippen molar-refractivity contribution in [2.45, 2.75) is 32.4 Å². The highest BCUT2D eigenvalue weighted by Gasteiger charge is 2.17. The lowest BCUT2D eigenvalue weighted by molar-refractivity contribution is 0.130. The van der Waals surface area contributed by atoms with Crippen LogP contribution in [0, 0.1) is 0 Å². The summed E-state index contributed by atoms with van der Waals surface area (Å²) in [6.45, 7) is 4.73. The summed E-state index contributed by atoms with van der Waals surface area (Å²) in [7, 11) is 1.97. The van der Waals surface area contributed by atoms with Crippen LogP contribution in [0.5, 0.6) is 0 Å². The number of rotatable bonds is 7. The highest BCUT2D eigenvalue weighted by atomic mass is 16.4. The molecule has 2 rings (SSSR count). The van der Waals surface area contributed by atoms with Crippen LogP contribution in [-0.2, 0) is 0 Å². The molecule has 3 N–H and O–H groups in total. The van der Waals surface area contributed by atoms with E-state index in [1.165, 1.54) is 6.26 Å². The lowest BCUT2D eigenvalue weighted by Crippen LogP contribution is -2.37. The fourth-order valence-electron chi connectivity index (χ4n) is 2.46. The van der Waals surface area contributed by atoms with E-state index in [0.717, 1.165) is 17.9 Å². The molecule has 0 radical (unpaired) electrons. The van der Waals surface area contributed by atoms with Gasteiger partial charge in [-0.15, -0.1) is 0 Å². The molecule has 24 heavy (non-hydrogen) atoms. The number of carbonyl (C=O) groups excluding carboxylic acids is 1. The number of furan rings is 1. The number of para-hydroxylation sites is 2. The van der Waals surface area contributed by atoms with E-state index < -0.39 is 6.10 Å². The predicted octanol–water partition coefficient (Wildman–Crippen LogP) is 3.37. The minimum Gasteiger partial charge on any atom is -0.467 e. The number of hydrogen-bond acceptors (Lipinski definition) is 4. The number of carbonyl (C=O) groups is 1. The smallest absolute Gasteiger partial charge is 0.319 e. The first-order valence-corrected chi connectivity index (χ1v) is 8.10. The third-order valence-corrected chi connectivity index (χ3v) is 3.86. The molecule has 1 heterocycles. The minimum absolute atomic E-state index is 0.207. The van der Waals surface area contributed by atoms with Gasteiger partial charge in [0.25, 0.3) is 0 Å². The number of nitrogens with one attached hydrogen (secondary N) is 2. The molecule has 0 fully saturated rings. The van der Waals surface area contributed by atoms with Crippen molar-refractivity contribution in [2.75, 3.05) is 23.8 Å². The number of urea groups is 1. The van der Waals surface area contributed by atoms with Crippen molar-refractivity contribution in [2.24, 2.45) is 0 Å². The van der Waals surface area contributed by atoms with Crippen LogP contribution in [-0.4, -0.2) is 30.8 Å². The van der Waals surface area contributed by atoms with Gasteiger partial charge in [0, 0.05) is 26.1 Å². The number of aliphatic hydroxyl groups excluding tert-OH is 1. The van der Waals surface area contributed by atoms with Crippen molar-refractivity contribution in [3.05, 3.63) is 48.4 Å². The molecule has 2 amide bonds. The Hall–Kier alpha value is -2.47. The molecule has 0 spiro atoms. The third kappa shape index (κ3) is 4.76. The van der Waals surface area contributed by atoms with Gasteiger partial charge in [0.2, 0.25) is 0 Å². The Morgan fingerprint density at radius 2 is 2.04 bits per heavy atom. The van der Waals surface area contributed by atoms with Crippen LogP contribution >= 0.6 is 0 Å². The van der Waals surface area contributed by atoms with Crippen LogP contribution < -0.4 is 15.5 Å². The van der Waals surface area contributed by atoms with Gasteiger partial charge in [-0.3, -0.25) is 0 Å². The molecule has 2 atom stereocenters. The molecule has 0 saturated heterocycles. The number of benzene rings is 1. The standard InChI is InChI=1S/C18H25N3O3/c1-4-21(3)15-9-6-5-8-14(15)20-18(23)19-13(2)12-16(22)17-10-7-11-24-17/h5-11,13,16,22H,4,12H2,1-3H3,(H2,19,20,23)/t13-,16-/m0/s1. The molecule has 1 aromatic carbocycles. The average Bonchev–Trinajstić information content (AvgIpc) is 3.09. The number of aliphatic hydroxyl groups is 1. The molecule has 0 aliphatic rings. The van der Waals surface area contributed by atoms with E-state index in [1.807, 2.05) is 38.2 Å². The van der Waals surface area contributed by atoms with Gasteiger partial charge in [-0.1, -0.05) is 12.1 Å². The maximum absolute atomic E-state index is 12.2. The maximum Gasteiger partial charge on any atom is 0.319 e. The van der Waals surface area contributed by atoms with Crippen LogP contribution in [0.2, 0.25) is 0 Å². The molecule has 0 unspecified atom stereocenters. The van der Waals surface area contributed by atoms with Gasteiger partial charge >= 0.3 is 6.03 Å². The lowest BCUT2D eigenvalue weighted by Gasteiger charge is -2.22. The molecular formula is C18H25N3O3. The fraction of sp³-hybridized carbons (Fsp3) is 0.389. The van der Waals surface area contributed by atoms with Crippen LogP contribution in [0.1, 0.15) is 32.1 Å². The minimum atomic E-state index is -0.742. The number of hydrogen-bond donors (Lipinski definition) is 3. The monoisotopic (exact) mass is 331 g/mol. The Kier molecular flexibility index (Phi) is 6.26. The second-order valence-electron chi connectivity index (χ2n) is 5.80. The van der Waals surface area contributed by atoms with Crippen molar-refractivity contribution in [3.63, 3.8) is 0 Å². The highest BCUT2D eigenvalue weighted by Crippen LogP contribution is 2.24. The van der Waals surface area contributed by atoms with E-state index in [-0.39, 0.29) is 12.1 Å². The fourth-order valence-corrected chi connectivity index (χ4v) is 2.46. The summed E-state index contributed by atoms with van der Waals surface area (Å²) < 4.78 is 5.17. The van der Waals surface area contributed by atoms with E-state index in [1.54, 1.807) is 12.1 Å². The quantitative estimate of drug-likeness (QED) is 0.727. The second kappa shape index (κ2) is 8.40. The van der Waals surface area contributed by atoms with Crippen molar-refractivity contribution in [3.8, 4) is 0 Å². The van der Waals surface area contributed by atoms with E-state index in [0.29, 0.717) is 12.2 Å². The van der Waals surface area contributed by atoms with Gasteiger partial charge < -0.3 is 25.1 Å². The summed E-state index contributed by atoms with van der Waals surface area (Å²) in [6, 6.07) is 10.6. The molecule has 130 valence electrons. The zero-order valence-corrected chi connectivity index (χ0v) is 14.3. The molecule has 0 bridgehead atoms. The molecular weight excluding hydrogens is 306 g/mol. The van der Waals surface area contributed by atoms with E-state index in [4.69, 9.17) is 4.42 Å². The first-order chi connectivity index (χ1) is 11.5. The van der Waals surface area contributed by atoms with Crippen molar-refractivity contribution >= 4 is 17.4 Å². The zero-order valence-electron chi connectivity index (χ0n) is 14.3. The largest absolute Gasteiger partial charge is 0.467 e. The molecule has 6 nitrogen and oxygen atoms in total. The molecule has 6 heteroatoms. The van der Waals surface area contributed by atoms with E-state index in [2.05, 4.69) is 22.5 Å². The number of nitrogens with zero attached hydrogens (tertiary/aromatic N) is 1. The van der Waals surface area contributed by atoms with Gasteiger partial charge in [-0.2, -0.15) is 0 Å². The molecule has 1 aromatic heterocycles. The molecule has 0 aliphatic heterocycles. The highest BCUT2D eigenvalue weighted by molar-refractivity contribution is 5.93. The first-order valence-electron chi connectivity index (χ1n) is 8.10. The van der Waals surface area contributed by atoms with Crippen LogP contribution in [0.4, 0.5) is 16.2 Å². The van der Waals surface area contributed by atoms with Gasteiger partial charge in [0.15, 0.2) is 0 Å². The summed E-state index contributed by atoms with van der Waals surface area (Å²) in [4.78, 5) is 14.3. The third-order valence-electron chi connectivity index (χ3n) is 3.86. The number of amides is 2. The van der Waals surface area contributed by atoms with Gasteiger partial charge in [-0.05, 0) is 38.1 Å². The van der Waals surface area contributed by atoms with Gasteiger partial charge in [-0.25, -0.2) is 4.79 Å². The van der Waals surface area contributed by atoms with Crippen LogP contribution in [0.25, 0.3) is 0 Å².